The lowest BCUT2D eigenvalue weighted by Gasteiger charge is -2.35. The summed E-state index contributed by atoms with van der Waals surface area (Å²) in [6.07, 6.45) is 1.71. The van der Waals surface area contributed by atoms with Gasteiger partial charge >= 0.3 is 0 Å². The van der Waals surface area contributed by atoms with Gasteiger partial charge in [0, 0.05) is 32.4 Å². The molecule has 4 rings (SSSR count). The molecule has 1 unspecified atom stereocenters. The van der Waals surface area contributed by atoms with E-state index in [0.717, 1.165) is 37.6 Å². The van der Waals surface area contributed by atoms with E-state index in [0.29, 0.717) is 12.1 Å². The maximum Gasteiger partial charge on any atom is 0.234 e. The summed E-state index contributed by atoms with van der Waals surface area (Å²) in [5.41, 5.74) is 1.72. The first-order chi connectivity index (χ1) is 14.7. The highest BCUT2D eigenvalue weighted by molar-refractivity contribution is 5.87. The van der Waals surface area contributed by atoms with Crippen LogP contribution in [-0.2, 0) is 4.79 Å². The van der Waals surface area contributed by atoms with Crippen LogP contribution in [0.25, 0.3) is 10.8 Å². The number of benzene rings is 2. The summed E-state index contributed by atoms with van der Waals surface area (Å²) < 4.78 is 0. The zero-order chi connectivity index (χ0) is 20.9. The van der Waals surface area contributed by atoms with Gasteiger partial charge in [-0.2, -0.15) is 5.26 Å². The van der Waals surface area contributed by atoms with Crippen molar-refractivity contribution < 1.29 is 4.79 Å². The summed E-state index contributed by atoms with van der Waals surface area (Å²) in [5.74, 6) is 0.758. The highest BCUT2D eigenvalue weighted by Crippen LogP contribution is 2.24. The number of piperazine rings is 1. The highest BCUT2D eigenvalue weighted by atomic mass is 16.2. The lowest BCUT2D eigenvalue weighted by atomic mass is 10.00. The monoisotopic (exact) mass is 399 g/mol. The van der Waals surface area contributed by atoms with E-state index in [4.69, 9.17) is 0 Å². The lowest BCUT2D eigenvalue weighted by molar-refractivity contribution is -0.123. The third kappa shape index (κ3) is 4.27. The van der Waals surface area contributed by atoms with Gasteiger partial charge in [0.2, 0.25) is 5.91 Å². The van der Waals surface area contributed by atoms with Crippen LogP contribution in [0.2, 0.25) is 0 Å². The Morgan fingerprint density at radius 3 is 2.67 bits per heavy atom. The zero-order valence-electron chi connectivity index (χ0n) is 17.1. The van der Waals surface area contributed by atoms with Crippen molar-refractivity contribution in [1.82, 2.24) is 15.2 Å². The molecule has 6 nitrogen and oxygen atoms in total. The van der Waals surface area contributed by atoms with Crippen LogP contribution in [0.5, 0.6) is 0 Å². The third-order valence-corrected chi connectivity index (χ3v) is 5.61. The molecule has 1 saturated heterocycles. The molecule has 1 aliphatic rings. The number of anilines is 1. The van der Waals surface area contributed by atoms with Gasteiger partial charge in [0.05, 0.1) is 18.2 Å². The van der Waals surface area contributed by atoms with Crippen LogP contribution >= 0.6 is 0 Å². The number of carbonyl (C=O) groups is 1. The minimum Gasteiger partial charge on any atom is -0.353 e. The van der Waals surface area contributed by atoms with Gasteiger partial charge in [-0.1, -0.05) is 42.5 Å². The van der Waals surface area contributed by atoms with Gasteiger partial charge in [0.15, 0.2) is 0 Å². The average Bonchev–Trinajstić information content (AvgIpc) is 2.79. The molecule has 1 amide bonds. The molecular formula is C24H25N5O. The smallest absolute Gasteiger partial charge is 0.234 e. The molecule has 2 heterocycles. The van der Waals surface area contributed by atoms with Crippen molar-refractivity contribution in [3.8, 4) is 6.07 Å². The van der Waals surface area contributed by atoms with Crippen molar-refractivity contribution in [1.29, 1.82) is 5.26 Å². The summed E-state index contributed by atoms with van der Waals surface area (Å²) in [6.45, 7) is 5.42. The Hall–Kier alpha value is -3.43. The summed E-state index contributed by atoms with van der Waals surface area (Å²) in [7, 11) is 0. The fourth-order valence-corrected chi connectivity index (χ4v) is 4.05. The molecule has 1 fully saturated rings. The molecule has 30 heavy (non-hydrogen) atoms. The van der Waals surface area contributed by atoms with Gasteiger partial charge in [-0.25, -0.2) is 4.98 Å². The van der Waals surface area contributed by atoms with Crippen LogP contribution < -0.4 is 10.2 Å². The summed E-state index contributed by atoms with van der Waals surface area (Å²) in [5, 5.41) is 14.8. The van der Waals surface area contributed by atoms with E-state index >= 15 is 0 Å². The number of carbonyl (C=O) groups excluding carboxylic acids is 1. The maximum atomic E-state index is 12.7. The lowest BCUT2D eigenvalue weighted by Crippen LogP contribution is -2.50. The van der Waals surface area contributed by atoms with Crippen LogP contribution in [0.4, 0.5) is 5.82 Å². The van der Waals surface area contributed by atoms with Gasteiger partial charge in [-0.15, -0.1) is 0 Å². The predicted molar refractivity (Wildman–Crippen MR) is 118 cm³/mol. The molecule has 1 N–H and O–H groups in total. The van der Waals surface area contributed by atoms with Crippen LogP contribution in [-0.4, -0.2) is 48.5 Å². The standard InChI is InChI=1S/C24H25N5O/c1-18(21-10-4-7-19-6-2-3-9-22(19)21)27-23(30)17-28-12-14-29(15-13-28)24-20(16-25)8-5-11-26-24/h2-11,18H,12-15,17H2,1H3,(H,27,30). The third-order valence-electron chi connectivity index (χ3n) is 5.61. The molecule has 6 heteroatoms. The fraction of sp³-hybridized carbons (Fsp3) is 0.292. The van der Waals surface area contributed by atoms with E-state index in [2.05, 4.69) is 50.4 Å². The first-order valence-electron chi connectivity index (χ1n) is 10.2. The van der Waals surface area contributed by atoms with Crippen molar-refractivity contribution in [2.24, 2.45) is 0 Å². The fourth-order valence-electron chi connectivity index (χ4n) is 4.05. The molecule has 0 aliphatic carbocycles. The van der Waals surface area contributed by atoms with E-state index in [1.54, 1.807) is 18.3 Å². The first kappa shape index (κ1) is 19.9. The SMILES string of the molecule is CC(NC(=O)CN1CCN(c2ncccc2C#N)CC1)c1cccc2ccccc12. The number of pyridine rings is 1. The average molecular weight is 399 g/mol. The number of nitrogens with one attached hydrogen (secondary N) is 1. The van der Waals surface area contributed by atoms with Gasteiger partial charge in [0.1, 0.15) is 11.9 Å². The minimum atomic E-state index is -0.0587. The molecule has 0 radical (unpaired) electrons. The second kappa shape index (κ2) is 8.93. The number of hydrogen-bond acceptors (Lipinski definition) is 5. The summed E-state index contributed by atoms with van der Waals surface area (Å²) in [4.78, 5) is 21.3. The molecule has 2 aromatic carbocycles. The Kier molecular flexibility index (Phi) is 5.92. The number of hydrogen-bond donors (Lipinski definition) is 1. The number of nitriles is 1. The van der Waals surface area contributed by atoms with Gasteiger partial charge in [-0.05, 0) is 35.4 Å². The summed E-state index contributed by atoms with van der Waals surface area (Å²) in [6, 6.07) is 20.2. The Bertz CT molecular complexity index is 1080. The zero-order valence-corrected chi connectivity index (χ0v) is 17.1. The topological polar surface area (TPSA) is 72.3 Å². The number of nitrogens with zero attached hydrogens (tertiary/aromatic N) is 4. The summed E-state index contributed by atoms with van der Waals surface area (Å²) >= 11 is 0. The van der Waals surface area contributed by atoms with Crippen molar-refractivity contribution in [2.45, 2.75) is 13.0 Å². The van der Waals surface area contributed by atoms with Crippen molar-refractivity contribution in [3.63, 3.8) is 0 Å². The molecule has 0 saturated carbocycles. The Morgan fingerprint density at radius 1 is 1.10 bits per heavy atom. The molecule has 1 atom stereocenters. The predicted octanol–water partition coefficient (Wildman–Crippen LogP) is 3.11. The largest absolute Gasteiger partial charge is 0.353 e. The Morgan fingerprint density at radius 2 is 1.87 bits per heavy atom. The van der Waals surface area contributed by atoms with Crippen molar-refractivity contribution in [3.05, 3.63) is 71.9 Å². The van der Waals surface area contributed by atoms with Crippen molar-refractivity contribution >= 4 is 22.5 Å². The van der Waals surface area contributed by atoms with Gasteiger partial charge in [0.25, 0.3) is 0 Å². The van der Waals surface area contributed by atoms with E-state index in [9.17, 15) is 10.1 Å². The van der Waals surface area contributed by atoms with E-state index in [-0.39, 0.29) is 11.9 Å². The number of aromatic nitrogens is 1. The van der Waals surface area contributed by atoms with Crippen LogP contribution in [0, 0.1) is 11.3 Å². The number of amides is 1. The van der Waals surface area contributed by atoms with Crippen LogP contribution in [0.15, 0.2) is 60.8 Å². The molecular weight excluding hydrogens is 374 g/mol. The highest BCUT2D eigenvalue weighted by Gasteiger charge is 2.22. The number of fused-ring (bicyclic) bond motifs is 1. The molecule has 3 aromatic rings. The van der Waals surface area contributed by atoms with E-state index in [1.165, 1.54) is 10.8 Å². The molecule has 152 valence electrons. The second-order valence-electron chi connectivity index (χ2n) is 7.61. The van der Waals surface area contributed by atoms with Gasteiger partial charge < -0.3 is 10.2 Å². The molecule has 1 aliphatic heterocycles. The van der Waals surface area contributed by atoms with E-state index < -0.39 is 0 Å². The van der Waals surface area contributed by atoms with Gasteiger partial charge in [-0.3, -0.25) is 9.69 Å². The number of rotatable bonds is 5. The van der Waals surface area contributed by atoms with Crippen LogP contribution in [0.1, 0.15) is 24.1 Å². The molecule has 0 bridgehead atoms. The van der Waals surface area contributed by atoms with Crippen LogP contribution in [0.3, 0.4) is 0 Å². The van der Waals surface area contributed by atoms with E-state index in [1.807, 2.05) is 25.1 Å². The van der Waals surface area contributed by atoms with Crippen molar-refractivity contribution in [2.75, 3.05) is 37.6 Å². The minimum absolute atomic E-state index is 0.0273. The quantitative estimate of drug-likeness (QED) is 0.714. The molecule has 0 spiro atoms. The Labute approximate surface area is 176 Å². The first-order valence-corrected chi connectivity index (χ1v) is 10.2. The normalized spacial score (nSPS) is 15.5. The maximum absolute atomic E-state index is 12.7. The molecule has 1 aromatic heterocycles. The Balaban J connectivity index is 1.33. The second-order valence-corrected chi connectivity index (χ2v) is 7.61.